The molecule has 2 unspecified atom stereocenters. The van der Waals surface area contributed by atoms with E-state index < -0.39 is 0 Å². The summed E-state index contributed by atoms with van der Waals surface area (Å²) in [5.74, 6) is 0. The minimum Gasteiger partial charge on any atom is -0.300 e. The molecule has 0 radical (unpaired) electrons. The number of likely N-dealkylation sites (tertiary alicyclic amines) is 2. The van der Waals surface area contributed by atoms with Crippen LogP contribution in [0.2, 0.25) is 0 Å². The van der Waals surface area contributed by atoms with E-state index in [-0.39, 0.29) is 0 Å². The summed E-state index contributed by atoms with van der Waals surface area (Å²) in [6.07, 6.45) is 2.81. The van der Waals surface area contributed by atoms with Gasteiger partial charge in [-0.1, -0.05) is 0 Å². The van der Waals surface area contributed by atoms with E-state index in [1.807, 2.05) is 0 Å². The Kier molecular flexibility index (Phi) is 2.13. The highest BCUT2D eigenvalue weighted by Crippen LogP contribution is 2.30. The van der Waals surface area contributed by atoms with Crippen molar-refractivity contribution in [2.24, 2.45) is 0 Å². The van der Waals surface area contributed by atoms with Crippen molar-refractivity contribution in [3.05, 3.63) is 0 Å². The van der Waals surface area contributed by atoms with Gasteiger partial charge >= 0.3 is 0 Å². The number of fused-ring (bicyclic) bond motifs is 1. The Morgan fingerprint density at radius 3 is 2.58 bits per heavy atom. The molecule has 0 N–H and O–H groups in total. The zero-order valence-corrected chi connectivity index (χ0v) is 8.45. The van der Waals surface area contributed by atoms with E-state index in [0.717, 1.165) is 18.1 Å². The molecular weight excluding hydrogens is 148 g/mol. The van der Waals surface area contributed by atoms with Crippen LogP contribution in [0.15, 0.2) is 0 Å². The number of likely N-dealkylation sites (N-methyl/N-ethyl adjacent to an activating group) is 1. The van der Waals surface area contributed by atoms with Crippen molar-refractivity contribution < 1.29 is 0 Å². The lowest BCUT2D eigenvalue weighted by molar-refractivity contribution is -0.0563. The third-order valence-corrected chi connectivity index (χ3v) is 3.49. The highest BCUT2D eigenvalue weighted by Gasteiger charge is 2.42. The van der Waals surface area contributed by atoms with Crippen molar-refractivity contribution >= 4 is 0 Å². The van der Waals surface area contributed by atoms with Gasteiger partial charge in [0.2, 0.25) is 0 Å². The van der Waals surface area contributed by atoms with Gasteiger partial charge < -0.3 is 4.90 Å². The molecule has 0 bridgehead atoms. The molecular formula is C10H20N2. The lowest BCUT2D eigenvalue weighted by Crippen LogP contribution is -2.68. The summed E-state index contributed by atoms with van der Waals surface area (Å²) < 4.78 is 0. The SMILES string of the molecule is CC(C)N1CCCC2C1CN2C. The quantitative estimate of drug-likeness (QED) is 0.580. The van der Waals surface area contributed by atoms with Crippen molar-refractivity contribution in [3.63, 3.8) is 0 Å². The minimum absolute atomic E-state index is 0.742. The molecule has 12 heavy (non-hydrogen) atoms. The van der Waals surface area contributed by atoms with Crippen molar-refractivity contribution in [1.29, 1.82) is 0 Å². The molecule has 2 nitrogen and oxygen atoms in total. The first-order valence-electron chi connectivity index (χ1n) is 5.16. The Bertz CT molecular complexity index is 167. The molecule has 2 heterocycles. The Balaban J connectivity index is 1.99. The number of piperidine rings is 1. The van der Waals surface area contributed by atoms with E-state index in [9.17, 15) is 0 Å². The third kappa shape index (κ3) is 1.17. The number of hydrogen-bond donors (Lipinski definition) is 0. The summed E-state index contributed by atoms with van der Waals surface area (Å²) in [7, 11) is 2.25. The molecule has 2 aliphatic rings. The van der Waals surface area contributed by atoms with Gasteiger partial charge in [0.1, 0.15) is 0 Å². The predicted octanol–water partition coefficient (Wildman–Crippen LogP) is 1.17. The largest absolute Gasteiger partial charge is 0.300 e. The fourth-order valence-electron chi connectivity index (χ4n) is 2.74. The van der Waals surface area contributed by atoms with Crippen LogP contribution in [0, 0.1) is 0 Å². The van der Waals surface area contributed by atoms with Crippen molar-refractivity contribution in [2.45, 2.75) is 44.8 Å². The van der Waals surface area contributed by atoms with Crippen LogP contribution < -0.4 is 0 Å². The molecule has 0 saturated carbocycles. The van der Waals surface area contributed by atoms with Crippen LogP contribution in [0.4, 0.5) is 0 Å². The van der Waals surface area contributed by atoms with Crippen LogP contribution in [-0.4, -0.2) is 48.1 Å². The van der Waals surface area contributed by atoms with Gasteiger partial charge in [0.05, 0.1) is 0 Å². The van der Waals surface area contributed by atoms with Gasteiger partial charge in [-0.25, -0.2) is 0 Å². The number of nitrogens with zero attached hydrogens (tertiary/aromatic N) is 2. The Morgan fingerprint density at radius 1 is 1.25 bits per heavy atom. The van der Waals surface area contributed by atoms with E-state index in [1.54, 1.807) is 0 Å². The zero-order valence-electron chi connectivity index (χ0n) is 8.45. The number of rotatable bonds is 1. The summed E-state index contributed by atoms with van der Waals surface area (Å²) in [5, 5.41) is 0. The summed E-state index contributed by atoms with van der Waals surface area (Å²) in [4.78, 5) is 5.17. The maximum Gasteiger partial charge on any atom is 0.0381 e. The van der Waals surface area contributed by atoms with E-state index in [4.69, 9.17) is 0 Å². The van der Waals surface area contributed by atoms with Gasteiger partial charge in [-0.3, -0.25) is 4.90 Å². The summed E-state index contributed by atoms with van der Waals surface area (Å²) in [6, 6.07) is 2.50. The van der Waals surface area contributed by atoms with Gasteiger partial charge in [0, 0.05) is 24.7 Å². The zero-order chi connectivity index (χ0) is 8.72. The monoisotopic (exact) mass is 168 g/mol. The second-order valence-corrected chi connectivity index (χ2v) is 4.55. The van der Waals surface area contributed by atoms with Crippen LogP contribution >= 0.6 is 0 Å². The van der Waals surface area contributed by atoms with Crippen LogP contribution in [0.3, 0.4) is 0 Å². The Morgan fingerprint density at radius 2 is 2.00 bits per heavy atom. The molecule has 0 aromatic heterocycles. The van der Waals surface area contributed by atoms with Crippen LogP contribution in [-0.2, 0) is 0 Å². The third-order valence-electron chi connectivity index (χ3n) is 3.49. The molecule has 2 atom stereocenters. The summed E-state index contributed by atoms with van der Waals surface area (Å²) in [6.45, 7) is 7.26. The molecule has 2 fully saturated rings. The van der Waals surface area contributed by atoms with Gasteiger partial charge in [-0.15, -0.1) is 0 Å². The average molecular weight is 168 g/mol. The van der Waals surface area contributed by atoms with Crippen molar-refractivity contribution in [2.75, 3.05) is 20.1 Å². The van der Waals surface area contributed by atoms with Gasteiger partial charge in [-0.05, 0) is 40.3 Å². The maximum atomic E-state index is 2.67. The highest BCUT2D eigenvalue weighted by molar-refractivity contribution is 5.00. The van der Waals surface area contributed by atoms with Crippen molar-refractivity contribution in [1.82, 2.24) is 9.80 Å². The first-order valence-corrected chi connectivity index (χ1v) is 5.16. The summed E-state index contributed by atoms with van der Waals surface area (Å²) in [5.41, 5.74) is 0. The van der Waals surface area contributed by atoms with Gasteiger partial charge in [0.15, 0.2) is 0 Å². The summed E-state index contributed by atoms with van der Waals surface area (Å²) >= 11 is 0. The fraction of sp³-hybridized carbons (Fsp3) is 1.00. The molecule has 2 heteroatoms. The smallest absolute Gasteiger partial charge is 0.0381 e. The van der Waals surface area contributed by atoms with Gasteiger partial charge in [-0.2, -0.15) is 0 Å². The van der Waals surface area contributed by atoms with E-state index in [1.165, 1.54) is 25.9 Å². The van der Waals surface area contributed by atoms with Crippen LogP contribution in [0.5, 0.6) is 0 Å². The Labute approximate surface area is 75.5 Å². The molecule has 70 valence electrons. The second-order valence-electron chi connectivity index (χ2n) is 4.55. The first-order chi connectivity index (χ1) is 5.70. The standard InChI is InChI=1S/C10H20N2/c1-8(2)12-6-4-5-9-10(12)7-11(9)3/h8-10H,4-7H2,1-3H3. The lowest BCUT2D eigenvalue weighted by atomic mass is 9.86. The van der Waals surface area contributed by atoms with Gasteiger partial charge in [0.25, 0.3) is 0 Å². The average Bonchev–Trinajstić information content (AvgIpc) is 2.02. The molecule has 0 amide bonds. The normalized spacial score (nSPS) is 38.0. The van der Waals surface area contributed by atoms with Crippen LogP contribution in [0.1, 0.15) is 26.7 Å². The first kappa shape index (κ1) is 8.52. The molecule has 0 aliphatic carbocycles. The molecule has 2 aliphatic heterocycles. The highest BCUT2D eigenvalue weighted by atomic mass is 15.3. The Hall–Kier alpha value is -0.0800. The van der Waals surface area contributed by atoms with E-state index in [2.05, 4.69) is 30.7 Å². The van der Waals surface area contributed by atoms with E-state index >= 15 is 0 Å². The predicted molar refractivity (Wildman–Crippen MR) is 51.3 cm³/mol. The maximum absolute atomic E-state index is 2.67. The molecule has 2 rings (SSSR count). The molecule has 0 aromatic rings. The van der Waals surface area contributed by atoms with Crippen LogP contribution in [0.25, 0.3) is 0 Å². The second kappa shape index (κ2) is 3.00. The molecule has 0 aromatic carbocycles. The minimum atomic E-state index is 0.742. The lowest BCUT2D eigenvalue weighted by Gasteiger charge is -2.55. The fourth-order valence-corrected chi connectivity index (χ4v) is 2.74. The molecule has 2 saturated heterocycles. The van der Waals surface area contributed by atoms with Crippen molar-refractivity contribution in [3.8, 4) is 0 Å². The van der Waals surface area contributed by atoms with E-state index in [0.29, 0.717) is 0 Å². The number of hydrogen-bond acceptors (Lipinski definition) is 2. The topological polar surface area (TPSA) is 6.48 Å². The molecule has 0 spiro atoms.